The van der Waals surface area contributed by atoms with Crippen molar-refractivity contribution in [1.29, 1.82) is 0 Å². The Morgan fingerprint density at radius 2 is 1.96 bits per heavy atom. The Morgan fingerprint density at radius 3 is 2.89 bits per heavy atom. The summed E-state index contributed by atoms with van der Waals surface area (Å²) >= 11 is 0. The molecule has 1 aromatic heterocycles. The highest BCUT2D eigenvalue weighted by Crippen LogP contribution is 2.33. The van der Waals surface area contributed by atoms with Gasteiger partial charge in [0.2, 0.25) is 12.7 Å². The molecule has 3 aromatic rings. The zero-order chi connectivity index (χ0) is 19.1. The molecule has 2 aliphatic heterocycles. The fourth-order valence-electron chi connectivity index (χ4n) is 3.83. The number of aromatic nitrogens is 1. The summed E-state index contributed by atoms with van der Waals surface area (Å²) in [7, 11) is 0. The molecule has 2 aliphatic rings. The largest absolute Gasteiger partial charge is 0.454 e. The highest BCUT2D eigenvalue weighted by Gasteiger charge is 2.35. The number of nitrogens with zero attached hydrogens (tertiary/aromatic N) is 1. The fraction of sp³-hybridized carbons (Fsp3) is 0.238. The molecule has 5 rings (SSSR count). The first-order chi connectivity index (χ1) is 13.7. The number of hydrogen-bond donors (Lipinski definition) is 2. The van der Waals surface area contributed by atoms with Crippen molar-refractivity contribution in [3.63, 3.8) is 0 Å². The maximum absolute atomic E-state index is 13.0. The second kappa shape index (κ2) is 6.60. The third-order valence-electron chi connectivity index (χ3n) is 5.26. The van der Waals surface area contributed by atoms with Crippen LogP contribution in [0.4, 0.5) is 5.69 Å². The van der Waals surface area contributed by atoms with Crippen LogP contribution in [-0.2, 0) is 4.79 Å². The van der Waals surface area contributed by atoms with Crippen LogP contribution in [0, 0.1) is 0 Å². The van der Waals surface area contributed by atoms with E-state index in [0.717, 1.165) is 23.0 Å². The molecule has 7 heteroatoms. The third-order valence-corrected chi connectivity index (χ3v) is 5.26. The first-order valence-electron chi connectivity index (χ1n) is 9.28. The van der Waals surface area contributed by atoms with Gasteiger partial charge in [-0.05, 0) is 55.3 Å². The van der Waals surface area contributed by atoms with Gasteiger partial charge in [-0.1, -0.05) is 0 Å². The van der Waals surface area contributed by atoms with Crippen LogP contribution in [0.15, 0.2) is 48.7 Å². The predicted molar refractivity (Wildman–Crippen MR) is 104 cm³/mol. The molecule has 1 saturated heterocycles. The molecule has 0 spiro atoms. The normalized spacial score (nSPS) is 17.9. The van der Waals surface area contributed by atoms with E-state index in [1.807, 2.05) is 30.5 Å². The molecule has 1 fully saturated rings. The maximum atomic E-state index is 13.0. The summed E-state index contributed by atoms with van der Waals surface area (Å²) in [6.45, 7) is 0.718. The Balaban J connectivity index is 1.34. The van der Waals surface area contributed by atoms with E-state index >= 15 is 0 Å². The summed E-state index contributed by atoms with van der Waals surface area (Å²) in [5.41, 5.74) is 2.23. The van der Waals surface area contributed by atoms with E-state index in [2.05, 4.69) is 10.3 Å². The van der Waals surface area contributed by atoms with Crippen molar-refractivity contribution in [3.8, 4) is 11.5 Å². The standard InChI is InChI=1S/C21H19N3O4/c25-20(23-15-4-5-16-13(10-15)7-8-22-16)17-2-1-9-24(17)21(26)14-3-6-18-19(11-14)28-12-27-18/h3-8,10-11,17,22H,1-2,9,12H2,(H,23,25). The molecule has 2 amide bonds. The molecule has 142 valence electrons. The van der Waals surface area contributed by atoms with Crippen molar-refractivity contribution >= 4 is 28.4 Å². The predicted octanol–water partition coefficient (Wildman–Crippen LogP) is 3.14. The Labute approximate surface area is 161 Å². The van der Waals surface area contributed by atoms with Gasteiger partial charge in [0.25, 0.3) is 5.91 Å². The number of anilines is 1. The molecule has 3 heterocycles. The smallest absolute Gasteiger partial charge is 0.254 e. The molecule has 28 heavy (non-hydrogen) atoms. The zero-order valence-electron chi connectivity index (χ0n) is 15.1. The summed E-state index contributed by atoms with van der Waals surface area (Å²) < 4.78 is 10.7. The van der Waals surface area contributed by atoms with Gasteiger partial charge in [0, 0.05) is 34.9 Å². The molecule has 0 saturated carbocycles. The van der Waals surface area contributed by atoms with Crippen LogP contribution in [0.5, 0.6) is 11.5 Å². The Morgan fingerprint density at radius 1 is 1.07 bits per heavy atom. The zero-order valence-corrected chi connectivity index (χ0v) is 15.1. The molecule has 2 aromatic carbocycles. The Bertz CT molecular complexity index is 1070. The van der Waals surface area contributed by atoms with Crippen LogP contribution in [0.3, 0.4) is 0 Å². The number of hydrogen-bond acceptors (Lipinski definition) is 4. The van der Waals surface area contributed by atoms with Crippen molar-refractivity contribution in [1.82, 2.24) is 9.88 Å². The van der Waals surface area contributed by atoms with Gasteiger partial charge in [-0.25, -0.2) is 0 Å². The second-order valence-electron chi connectivity index (χ2n) is 6.99. The molecule has 0 radical (unpaired) electrons. The van der Waals surface area contributed by atoms with Gasteiger partial charge in [0.1, 0.15) is 6.04 Å². The summed E-state index contributed by atoms with van der Waals surface area (Å²) in [5.74, 6) is 0.858. The van der Waals surface area contributed by atoms with Crippen molar-refractivity contribution < 1.29 is 19.1 Å². The van der Waals surface area contributed by atoms with Gasteiger partial charge in [0.15, 0.2) is 11.5 Å². The number of carbonyl (C=O) groups is 2. The van der Waals surface area contributed by atoms with Crippen molar-refractivity contribution in [3.05, 3.63) is 54.2 Å². The molecule has 0 aliphatic carbocycles. The lowest BCUT2D eigenvalue weighted by molar-refractivity contribution is -0.119. The summed E-state index contributed by atoms with van der Waals surface area (Å²) in [4.78, 5) is 30.6. The molecule has 2 N–H and O–H groups in total. The van der Waals surface area contributed by atoms with Gasteiger partial charge in [-0.2, -0.15) is 0 Å². The topological polar surface area (TPSA) is 83.7 Å². The minimum absolute atomic E-state index is 0.160. The van der Waals surface area contributed by atoms with E-state index in [9.17, 15) is 9.59 Å². The van der Waals surface area contributed by atoms with Crippen LogP contribution in [-0.4, -0.2) is 41.1 Å². The number of likely N-dealkylation sites (tertiary alicyclic amines) is 1. The molecule has 1 unspecified atom stereocenters. The van der Waals surface area contributed by atoms with Crippen LogP contribution in [0.1, 0.15) is 23.2 Å². The average molecular weight is 377 g/mol. The van der Waals surface area contributed by atoms with Crippen molar-refractivity contribution in [2.45, 2.75) is 18.9 Å². The number of rotatable bonds is 3. The number of nitrogens with one attached hydrogen (secondary N) is 2. The SMILES string of the molecule is O=C(Nc1ccc2[nH]ccc2c1)C1CCCN1C(=O)c1ccc2c(c1)OCO2. The monoisotopic (exact) mass is 377 g/mol. The van der Waals surface area contributed by atoms with E-state index in [1.54, 1.807) is 23.1 Å². The van der Waals surface area contributed by atoms with E-state index < -0.39 is 6.04 Å². The number of H-pyrrole nitrogens is 1. The lowest BCUT2D eigenvalue weighted by Crippen LogP contribution is -2.43. The van der Waals surface area contributed by atoms with Crippen molar-refractivity contribution in [2.75, 3.05) is 18.7 Å². The summed E-state index contributed by atoms with van der Waals surface area (Å²) in [6.07, 6.45) is 3.30. The van der Waals surface area contributed by atoms with Gasteiger partial charge in [0.05, 0.1) is 0 Å². The van der Waals surface area contributed by atoms with Crippen LogP contribution in [0.2, 0.25) is 0 Å². The first kappa shape index (κ1) is 16.7. The highest BCUT2D eigenvalue weighted by atomic mass is 16.7. The lowest BCUT2D eigenvalue weighted by atomic mass is 10.1. The number of ether oxygens (including phenoxy) is 2. The van der Waals surface area contributed by atoms with Gasteiger partial charge >= 0.3 is 0 Å². The third kappa shape index (κ3) is 2.85. The maximum Gasteiger partial charge on any atom is 0.254 e. The van der Waals surface area contributed by atoms with Crippen LogP contribution in [0.25, 0.3) is 10.9 Å². The first-order valence-corrected chi connectivity index (χ1v) is 9.28. The van der Waals surface area contributed by atoms with Crippen molar-refractivity contribution in [2.24, 2.45) is 0 Å². The van der Waals surface area contributed by atoms with E-state index in [1.165, 1.54) is 0 Å². The van der Waals surface area contributed by atoms with Crippen LogP contribution >= 0.6 is 0 Å². The molecule has 0 bridgehead atoms. The minimum Gasteiger partial charge on any atom is -0.454 e. The summed E-state index contributed by atoms with van der Waals surface area (Å²) in [5, 5.41) is 3.98. The fourth-order valence-corrected chi connectivity index (χ4v) is 3.83. The highest BCUT2D eigenvalue weighted by molar-refractivity contribution is 6.02. The van der Waals surface area contributed by atoms with Gasteiger partial charge in [-0.15, -0.1) is 0 Å². The summed E-state index contributed by atoms with van der Waals surface area (Å²) in [6, 6.07) is 12.3. The average Bonchev–Trinajstić information content (AvgIpc) is 3.45. The number of amides is 2. The van der Waals surface area contributed by atoms with Crippen LogP contribution < -0.4 is 14.8 Å². The number of fused-ring (bicyclic) bond motifs is 2. The Kier molecular flexibility index (Phi) is 3.93. The number of benzene rings is 2. The number of aromatic amines is 1. The Hall–Kier alpha value is -3.48. The number of carbonyl (C=O) groups excluding carboxylic acids is 2. The minimum atomic E-state index is -0.486. The quantitative estimate of drug-likeness (QED) is 0.735. The van der Waals surface area contributed by atoms with Gasteiger partial charge < -0.3 is 24.7 Å². The lowest BCUT2D eigenvalue weighted by Gasteiger charge is -2.24. The van der Waals surface area contributed by atoms with E-state index in [0.29, 0.717) is 30.0 Å². The molecular weight excluding hydrogens is 358 g/mol. The molecule has 7 nitrogen and oxygen atoms in total. The van der Waals surface area contributed by atoms with E-state index in [4.69, 9.17) is 9.47 Å². The molecular formula is C21H19N3O4. The van der Waals surface area contributed by atoms with E-state index in [-0.39, 0.29) is 18.6 Å². The second-order valence-corrected chi connectivity index (χ2v) is 6.99. The van der Waals surface area contributed by atoms with Gasteiger partial charge in [-0.3, -0.25) is 9.59 Å². The molecule has 1 atom stereocenters.